The number of nitrogens with one attached hydrogen (secondary N) is 1. The fourth-order valence-electron chi connectivity index (χ4n) is 3.04. The summed E-state index contributed by atoms with van der Waals surface area (Å²) >= 11 is 0. The first-order valence-corrected chi connectivity index (χ1v) is 8.34. The van der Waals surface area contributed by atoms with Crippen LogP contribution < -0.4 is 15.2 Å². The summed E-state index contributed by atoms with van der Waals surface area (Å²) in [6.45, 7) is 3.28. The van der Waals surface area contributed by atoms with Crippen LogP contribution in [0.2, 0.25) is 0 Å². The van der Waals surface area contributed by atoms with Crippen molar-refractivity contribution < 1.29 is 14.3 Å². The molecule has 1 amide bonds. The Morgan fingerprint density at radius 3 is 2.96 bits per heavy atom. The highest BCUT2D eigenvalue weighted by molar-refractivity contribution is 5.95. The van der Waals surface area contributed by atoms with E-state index >= 15 is 0 Å². The Balaban J connectivity index is 1.84. The lowest BCUT2D eigenvalue weighted by atomic mass is 10.1. The van der Waals surface area contributed by atoms with E-state index in [0.717, 1.165) is 18.7 Å². The van der Waals surface area contributed by atoms with E-state index in [1.165, 1.54) is 0 Å². The van der Waals surface area contributed by atoms with E-state index in [0.29, 0.717) is 42.6 Å². The second kappa shape index (κ2) is 7.52. The number of likely N-dealkylation sites (tertiary alicyclic amines) is 1. The van der Waals surface area contributed by atoms with E-state index in [4.69, 9.17) is 15.2 Å². The van der Waals surface area contributed by atoms with Gasteiger partial charge in [0.05, 0.1) is 13.2 Å². The Morgan fingerprint density at radius 2 is 2.28 bits per heavy atom. The van der Waals surface area contributed by atoms with Crippen molar-refractivity contribution in [2.45, 2.75) is 25.8 Å². The van der Waals surface area contributed by atoms with Crippen LogP contribution in [-0.4, -0.2) is 52.8 Å². The smallest absolute Gasteiger partial charge is 0.254 e. The Kier molecular flexibility index (Phi) is 5.18. The minimum absolute atomic E-state index is 0.0646. The van der Waals surface area contributed by atoms with Gasteiger partial charge < -0.3 is 20.1 Å². The number of hydrogen-bond acceptors (Lipinski definition) is 6. The Morgan fingerprint density at radius 1 is 1.44 bits per heavy atom. The molecule has 1 fully saturated rings. The van der Waals surface area contributed by atoms with Crippen molar-refractivity contribution in [3.05, 3.63) is 35.4 Å². The molecule has 1 aromatic carbocycles. The molecule has 1 aliphatic rings. The molecule has 0 spiro atoms. The lowest BCUT2D eigenvalue weighted by Gasteiger charge is -2.23. The highest BCUT2D eigenvalue weighted by atomic mass is 16.5. The van der Waals surface area contributed by atoms with Crippen LogP contribution in [-0.2, 0) is 0 Å². The summed E-state index contributed by atoms with van der Waals surface area (Å²) in [6, 6.07) is 5.08. The van der Waals surface area contributed by atoms with Crippen molar-refractivity contribution in [2.24, 2.45) is 5.73 Å². The number of aromatic nitrogens is 3. The van der Waals surface area contributed by atoms with Crippen molar-refractivity contribution in [2.75, 3.05) is 26.8 Å². The summed E-state index contributed by atoms with van der Waals surface area (Å²) in [7, 11) is 1.56. The molecule has 0 radical (unpaired) electrons. The lowest BCUT2D eigenvalue weighted by Crippen LogP contribution is -2.31. The van der Waals surface area contributed by atoms with E-state index in [9.17, 15) is 4.79 Å². The molecule has 3 N–H and O–H groups in total. The number of benzene rings is 1. The molecule has 2 aromatic rings. The quantitative estimate of drug-likeness (QED) is 0.820. The molecule has 0 aliphatic carbocycles. The van der Waals surface area contributed by atoms with Gasteiger partial charge in [0, 0.05) is 18.7 Å². The Hall–Kier alpha value is -2.61. The Bertz CT molecular complexity index is 746. The molecule has 0 bridgehead atoms. The maximum Gasteiger partial charge on any atom is 0.254 e. The van der Waals surface area contributed by atoms with Crippen molar-refractivity contribution in [1.82, 2.24) is 20.1 Å². The van der Waals surface area contributed by atoms with Gasteiger partial charge in [-0.1, -0.05) is 0 Å². The molecule has 1 aromatic heterocycles. The third-order valence-electron chi connectivity index (χ3n) is 4.21. The summed E-state index contributed by atoms with van der Waals surface area (Å²) < 4.78 is 10.9. The topological polar surface area (TPSA) is 106 Å². The largest absolute Gasteiger partial charge is 0.493 e. The van der Waals surface area contributed by atoms with Crippen molar-refractivity contribution in [3.63, 3.8) is 0 Å². The number of hydrogen-bond donors (Lipinski definition) is 2. The second-order valence-corrected chi connectivity index (χ2v) is 5.94. The molecule has 1 aliphatic heterocycles. The van der Waals surface area contributed by atoms with Crippen LogP contribution in [0, 0.1) is 6.92 Å². The van der Waals surface area contributed by atoms with Crippen molar-refractivity contribution in [1.29, 1.82) is 0 Å². The van der Waals surface area contributed by atoms with Gasteiger partial charge in [-0.25, -0.2) is 4.98 Å². The minimum Gasteiger partial charge on any atom is -0.493 e. The minimum atomic E-state index is -0.104. The maximum atomic E-state index is 13.0. The number of amides is 1. The number of carbonyl (C=O) groups excluding carboxylic acids is 1. The van der Waals surface area contributed by atoms with E-state index in [1.807, 2.05) is 11.8 Å². The second-order valence-electron chi connectivity index (χ2n) is 5.94. The van der Waals surface area contributed by atoms with Gasteiger partial charge in [0.15, 0.2) is 17.3 Å². The number of aromatic amines is 1. The summed E-state index contributed by atoms with van der Waals surface area (Å²) in [6.07, 6.45) is 1.78. The fourth-order valence-corrected chi connectivity index (χ4v) is 3.04. The van der Waals surface area contributed by atoms with Crippen LogP contribution in [0.4, 0.5) is 0 Å². The number of methoxy groups -OCH3 is 1. The molecule has 3 rings (SSSR count). The van der Waals surface area contributed by atoms with Gasteiger partial charge in [0.1, 0.15) is 12.4 Å². The van der Waals surface area contributed by atoms with Gasteiger partial charge in [0.25, 0.3) is 5.91 Å². The molecular formula is C17H23N5O3. The van der Waals surface area contributed by atoms with Crippen LogP contribution in [0.25, 0.3) is 0 Å². The van der Waals surface area contributed by atoms with E-state index in [-0.39, 0.29) is 11.9 Å². The summed E-state index contributed by atoms with van der Waals surface area (Å²) in [5.74, 6) is 2.44. The zero-order valence-electron chi connectivity index (χ0n) is 14.5. The lowest BCUT2D eigenvalue weighted by molar-refractivity contribution is 0.0729. The van der Waals surface area contributed by atoms with Gasteiger partial charge >= 0.3 is 0 Å². The van der Waals surface area contributed by atoms with Gasteiger partial charge in [0.2, 0.25) is 0 Å². The van der Waals surface area contributed by atoms with Gasteiger partial charge in [-0.15, -0.1) is 0 Å². The predicted octanol–water partition coefficient (Wildman–Crippen LogP) is 1.44. The summed E-state index contributed by atoms with van der Waals surface area (Å²) in [5.41, 5.74) is 6.04. The first-order valence-electron chi connectivity index (χ1n) is 8.34. The van der Waals surface area contributed by atoms with Crippen molar-refractivity contribution >= 4 is 5.91 Å². The van der Waals surface area contributed by atoms with Crippen LogP contribution in [0.1, 0.15) is 40.9 Å². The average molecular weight is 345 g/mol. The number of carbonyl (C=O) groups is 1. The molecule has 8 heteroatoms. The molecular weight excluding hydrogens is 322 g/mol. The van der Waals surface area contributed by atoms with Gasteiger partial charge in [-0.2, -0.15) is 5.10 Å². The number of nitrogens with two attached hydrogens (primary N) is 1. The molecule has 1 saturated heterocycles. The van der Waals surface area contributed by atoms with E-state index in [1.54, 1.807) is 25.3 Å². The van der Waals surface area contributed by atoms with Gasteiger partial charge in [-0.3, -0.25) is 9.89 Å². The highest BCUT2D eigenvalue weighted by Crippen LogP contribution is 2.33. The van der Waals surface area contributed by atoms with Crippen LogP contribution in [0.3, 0.4) is 0 Å². The van der Waals surface area contributed by atoms with Crippen LogP contribution in [0.15, 0.2) is 18.2 Å². The molecule has 8 nitrogen and oxygen atoms in total. The molecule has 25 heavy (non-hydrogen) atoms. The summed E-state index contributed by atoms with van der Waals surface area (Å²) in [5, 5.41) is 7.07. The summed E-state index contributed by atoms with van der Waals surface area (Å²) in [4.78, 5) is 19.2. The third kappa shape index (κ3) is 3.58. The average Bonchev–Trinajstić information content (AvgIpc) is 3.27. The number of H-pyrrole nitrogens is 1. The number of rotatable bonds is 6. The first kappa shape index (κ1) is 17.2. The Labute approximate surface area is 146 Å². The van der Waals surface area contributed by atoms with Crippen LogP contribution in [0.5, 0.6) is 11.5 Å². The molecule has 2 heterocycles. The predicted molar refractivity (Wildman–Crippen MR) is 91.7 cm³/mol. The third-order valence-corrected chi connectivity index (χ3v) is 4.21. The normalized spacial score (nSPS) is 16.9. The van der Waals surface area contributed by atoms with Crippen molar-refractivity contribution in [3.8, 4) is 11.5 Å². The molecule has 134 valence electrons. The standard InChI is InChI=1S/C17H23N5O3/c1-11-19-16(21-20-11)13-4-3-8-22(13)17(23)12-5-6-14(24-2)15(10-12)25-9-7-18/h5-6,10,13H,3-4,7-9,18H2,1-2H3,(H,19,20,21)/t13-/m1/s1. The van der Waals surface area contributed by atoms with E-state index in [2.05, 4.69) is 15.2 Å². The molecule has 1 atom stereocenters. The van der Waals surface area contributed by atoms with Gasteiger partial charge in [-0.05, 0) is 38.0 Å². The maximum absolute atomic E-state index is 13.0. The van der Waals surface area contributed by atoms with Crippen LogP contribution >= 0.6 is 0 Å². The number of aryl methyl sites for hydroxylation is 1. The zero-order valence-corrected chi connectivity index (χ0v) is 14.5. The SMILES string of the molecule is COc1ccc(C(=O)N2CCC[C@@H]2c2n[nH]c(C)n2)cc1OCCN. The van der Waals surface area contributed by atoms with E-state index < -0.39 is 0 Å². The molecule has 0 unspecified atom stereocenters. The monoisotopic (exact) mass is 345 g/mol. The fraction of sp³-hybridized carbons (Fsp3) is 0.471. The molecule has 0 saturated carbocycles. The highest BCUT2D eigenvalue weighted by Gasteiger charge is 2.33. The first-order chi connectivity index (χ1) is 12.1. The zero-order chi connectivity index (χ0) is 17.8. The number of ether oxygens (including phenoxy) is 2. The number of nitrogens with zero attached hydrogens (tertiary/aromatic N) is 3.